The van der Waals surface area contributed by atoms with Crippen LogP contribution < -0.4 is 0 Å². The number of oxazole rings is 1. The molecule has 3 rings (SSSR count). The van der Waals surface area contributed by atoms with Gasteiger partial charge >= 0.3 is 0 Å². The van der Waals surface area contributed by atoms with Gasteiger partial charge in [0.1, 0.15) is 5.52 Å². The molecule has 0 aliphatic carbocycles. The molecule has 0 unspecified atom stereocenters. The summed E-state index contributed by atoms with van der Waals surface area (Å²) in [7, 11) is 0. The average Bonchev–Trinajstić information content (AvgIpc) is 2.75. The van der Waals surface area contributed by atoms with E-state index in [0.717, 1.165) is 5.39 Å². The Bertz CT molecular complexity index is 703. The van der Waals surface area contributed by atoms with Crippen molar-refractivity contribution in [3.63, 3.8) is 0 Å². The van der Waals surface area contributed by atoms with Gasteiger partial charge in [0.05, 0.1) is 16.4 Å². The maximum Gasteiger partial charge on any atom is 0.281 e. The molecule has 0 spiro atoms. The van der Waals surface area contributed by atoms with Gasteiger partial charge in [0, 0.05) is 5.39 Å². The third-order valence-electron chi connectivity index (χ3n) is 2.52. The van der Waals surface area contributed by atoms with E-state index in [9.17, 15) is 10.1 Å². The van der Waals surface area contributed by atoms with Crippen LogP contribution in [0.2, 0.25) is 0 Å². The zero-order valence-electron chi connectivity index (χ0n) is 8.08. The van der Waals surface area contributed by atoms with E-state index < -0.39 is 4.92 Å². The monoisotopic (exact) mass is 214 g/mol. The minimum Gasteiger partial charge on any atom is -0.443 e. The lowest BCUT2D eigenvalue weighted by atomic mass is 10.1. The molecule has 1 heterocycles. The van der Waals surface area contributed by atoms with E-state index >= 15 is 0 Å². The zero-order valence-corrected chi connectivity index (χ0v) is 8.08. The third kappa shape index (κ3) is 1.08. The standard InChI is InChI=1S/C11H6N2O3/c14-13(15)9-5-10-11(12-6-16-10)8-4-2-1-3-7(8)9/h1-6H. The Morgan fingerprint density at radius 3 is 2.75 bits per heavy atom. The van der Waals surface area contributed by atoms with Crippen LogP contribution in [0.3, 0.4) is 0 Å². The van der Waals surface area contributed by atoms with Gasteiger partial charge in [-0.25, -0.2) is 4.98 Å². The van der Waals surface area contributed by atoms with Crippen molar-refractivity contribution >= 4 is 27.6 Å². The summed E-state index contributed by atoms with van der Waals surface area (Å²) in [5, 5.41) is 12.2. The van der Waals surface area contributed by atoms with E-state index in [4.69, 9.17) is 4.42 Å². The molecule has 3 aromatic rings. The van der Waals surface area contributed by atoms with Gasteiger partial charge in [-0.15, -0.1) is 0 Å². The topological polar surface area (TPSA) is 69.2 Å². The van der Waals surface area contributed by atoms with E-state index in [-0.39, 0.29) is 5.69 Å². The molecule has 0 bridgehead atoms. The number of nitro benzene ring substituents is 1. The maximum atomic E-state index is 10.9. The molecule has 1 aromatic heterocycles. The predicted molar refractivity (Wildman–Crippen MR) is 58.2 cm³/mol. The summed E-state index contributed by atoms with van der Waals surface area (Å²) in [6.07, 6.45) is 1.29. The molecule has 16 heavy (non-hydrogen) atoms. The van der Waals surface area contributed by atoms with Gasteiger partial charge in [0.2, 0.25) is 0 Å². The number of hydrogen-bond acceptors (Lipinski definition) is 4. The molecule has 0 atom stereocenters. The number of non-ortho nitro benzene ring substituents is 1. The normalized spacial score (nSPS) is 11.0. The number of fused-ring (bicyclic) bond motifs is 3. The summed E-state index contributed by atoms with van der Waals surface area (Å²) in [6.45, 7) is 0. The average molecular weight is 214 g/mol. The summed E-state index contributed by atoms with van der Waals surface area (Å²) < 4.78 is 5.10. The first-order valence-electron chi connectivity index (χ1n) is 4.67. The van der Waals surface area contributed by atoms with Gasteiger partial charge in [-0.3, -0.25) is 10.1 Å². The number of hydrogen-bond donors (Lipinski definition) is 0. The van der Waals surface area contributed by atoms with Gasteiger partial charge in [0.15, 0.2) is 12.0 Å². The lowest BCUT2D eigenvalue weighted by Gasteiger charge is -1.99. The number of aromatic nitrogens is 1. The molecule has 0 saturated heterocycles. The first-order chi connectivity index (χ1) is 7.77. The molecule has 0 aliphatic rings. The first-order valence-corrected chi connectivity index (χ1v) is 4.67. The highest BCUT2D eigenvalue weighted by atomic mass is 16.6. The van der Waals surface area contributed by atoms with Crippen molar-refractivity contribution in [2.75, 3.05) is 0 Å². The van der Waals surface area contributed by atoms with Crippen molar-refractivity contribution < 1.29 is 9.34 Å². The highest BCUT2D eigenvalue weighted by molar-refractivity contribution is 6.07. The Morgan fingerprint density at radius 1 is 1.25 bits per heavy atom. The lowest BCUT2D eigenvalue weighted by Crippen LogP contribution is -1.89. The van der Waals surface area contributed by atoms with Crippen LogP contribution in [0.4, 0.5) is 5.69 Å². The van der Waals surface area contributed by atoms with Gasteiger partial charge in [-0.2, -0.15) is 0 Å². The second kappa shape index (κ2) is 3.03. The molecule has 0 amide bonds. The summed E-state index contributed by atoms with van der Waals surface area (Å²) in [5.74, 6) is 0. The Kier molecular flexibility index (Phi) is 1.67. The minimum atomic E-state index is -0.412. The number of benzene rings is 2. The van der Waals surface area contributed by atoms with Gasteiger partial charge < -0.3 is 4.42 Å². The number of nitro groups is 1. The SMILES string of the molecule is O=[N+]([O-])c1cc2ocnc2c2ccccc12. The van der Waals surface area contributed by atoms with E-state index in [0.29, 0.717) is 16.5 Å². The van der Waals surface area contributed by atoms with Crippen LogP contribution in [0.5, 0.6) is 0 Å². The molecule has 0 aliphatic heterocycles. The van der Waals surface area contributed by atoms with Crippen molar-refractivity contribution in [3.8, 4) is 0 Å². The van der Waals surface area contributed by atoms with Crippen LogP contribution in [0.1, 0.15) is 0 Å². The third-order valence-corrected chi connectivity index (χ3v) is 2.52. The van der Waals surface area contributed by atoms with Gasteiger partial charge in [-0.1, -0.05) is 18.2 Å². The van der Waals surface area contributed by atoms with Crippen molar-refractivity contribution in [3.05, 3.63) is 46.8 Å². The Hall–Kier alpha value is -2.43. The molecular formula is C11H6N2O3. The quantitative estimate of drug-likeness (QED) is 0.461. The number of nitrogens with zero attached hydrogens (tertiary/aromatic N) is 2. The largest absolute Gasteiger partial charge is 0.443 e. The van der Waals surface area contributed by atoms with E-state index in [1.165, 1.54) is 12.5 Å². The molecule has 2 aromatic carbocycles. The van der Waals surface area contributed by atoms with E-state index in [1.807, 2.05) is 6.07 Å². The lowest BCUT2D eigenvalue weighted by molar-refractivity contribution is -0.383. The number of rotatable bonds is 1. The molecule has 0 fully saturated rings. The minimum absolute atomic E-state index is 0.0415. The Morgan fingerprint density at radius 2 is 2.00 bits per heavy atom. The molecule has 5 heteroatoms. The predicted octanol–water partition coefficient (Wildman–Crippen LogP) is 2.89. The van der Waals surface area contributed by atoms with E-state index in [2.05, 4.69) is 4.98 Å². The fraction of sp³-hybridized carbons (Fsp3) is 0. The highest BCUT2D eigenvalue weighted by Crippen LogP contribution is 2.32. The van der Waals surface area contributed by atoms with Crippen molar-refractivity contribution in [2.45, 2.75) is 0 Å². The van der Waals surface area contributed by atoms with Crippen molar-refractivity contribution in [2.24, 2.45) is 0 Å². The Labute approximate surface area is 89.5 Å². The highest BCUT2D eigenvalue weighted by Gasteiger charge is 2.16. The van der Waals surface area contributed by atoms with Crippen LogP contribution in [0.15, 0.2) is 41.1 Å². The van der Waals surface area contributed by atoms with Crippen LogP contribution in [0.25, 0.3) is 21.9 Å². The van der Waals surface area contributed by atoms with Crippen LogP contribution in [-0.4, -0.2) is 9.91 Å². The fourth-order valence-electron chi connectivity index (χ4n) is 1.83. The van der Waals surface area contributed by atoms with Gasteiger partial charge in [0.25, 0.3) is 5.69 Å². The summed E-state index contributed by atoms with van der Waals surface area (Å²) in [6, 6.07) is 8.50. The summed E-state index contributed by atoms with van der Waals surface area (Å²) in [5.41, 5.74) is 1.13. The molecule has 0 saturated carbocycles. The van der Waals surface area contributed by atoms with Crippen molar-refractivity contribution in [1.82, 2.24) is 4.98 Å². The van der Waals surface area contributed by atoms with Crippen LogP contribution in [-0.2, 0) is 0 Å². The smallest absolute Gasteiger partial charge is 0.281 e. The molecular weight excluding hydrogens is 208 g/mol. The maximum absolute atomic E-state index is 10.9. The van der Waals surface area contributed by atoms with Crippen molar-refractivity contribution in [1.29, 1.82) is 0 Å². The zero-order chi connectivity index (χ0) is 11.1. The molecule has 0 N–H and O–H groups in total. The van der Waals surface area contributed by atoms with Gasteiger partial charge in [-0.05, 0) is 6.07 Å². The second-order valence-corrected chi connectivity index (χ2v) is 3.40. The molecule has 78 valence electrons. The van der Waals surface area contributed by atoms with Crippen LogP contribution in [0, 0.1) is 10.1 Å². The Balaban J connectivity index is 2.60. The van der Waals surface area contributed by atoms with E-state index in [1.54, 1.807) is 18.2 Å². The summed E-state index contributed by atoms with van der Waals surface area (Å²) >= 11 is 0. The molecule has 5 nitrogen and oxygen atoms in total. The molecule has 0 radical (unpaired) electrons. The fourth-order valence-corrected chi connectivity index (χ4v) is 1.83. The summed E-state index contributed by atoms with van der Waals surface area (Å²) in [4.78, 5) is 14.6. The first kappa shape index (κ1) is 8.84. The second-order valence-electron chi connectivity index (χ2n) is 3.40. The van der Waals surface area contributed by atoms with Crippen LogP contribution >= 0.6 is 0 Å².